The number of rotatable bonds is 7. The van der Waals surface area contributed by atoms with Gasteiger partial charge in [0.2, 0.25) is 10.0 Å². The van der Waals surface area contributed by atoms with Gasteiger partial charge in [-0.2, -0.15) is 4.31 Å². The van der Waals surface area contributed by atoms with Crippen LogP contribution in [-0.4, -0.2) is 50.3 Å². The monoisotopic (exact) mass is 396 g/mol. The Morgan fingerprint density at radius 2 is 1.89 bits per heavy atom. The maximum Gasteiger partial charge on any atom is 0.338 e. The normalized spacial score (nSPS) is 16.6. The lowest BCUT2D eigenvalue weighted by Gasteiger charge is -2.26. The highest BCUT2D eigenvalue weighted by atomic mass is 32.2. The van der Waals surface area contributed by atoms with E-state index in [2.05, 4.69) is 5.32 Å². The minimum Gasteiger partial charge on any atom is -0.449 e. The molecular weight excluding hydrogens is 368 g/mol. The van der Waals surface area contributed by atoms with E-state index in [1.54, 1.807) is 13.0 Å². The van der Waals surface area contributed by atoms with E-state index in [9.17, 15) is 18.0 Å². The molecule has 1 unspecified atom stereocenters. The Morgan fingerprint density at radius 3 is 2.52 bits per heavy atom. The number of hydrogen-bond acceptors (Lipinski definition) is 5. The molecule has 1 aromatic rings. The lowest BCUT2D eigenvalue weighted by molar-refractivity contribution is -0.129. The third kappa shape index (κ3) is 5.29. The molecule has 1 fully saturated rings. The van der Waals surface area contributed by atoms with Crippen LogP contribution in [-0.2, 0) is 19.6 Å². The standard InChI is InChI=1S/C19H28N2O5S/c1-4-10-20-18(22)15(3)26-19(23)16-9-8-14(2)17(13-16)27(24,25)21-11-6-5-7-12-21/h8-9,13,15H,4-7,10-12H2,1-3H3,(H,20,22). The lowest BCUT2D eigenvalue weighted by Crippen LogP contribution is -2.36. The zero-order chi connectivity index (χ0) is 20.0. The molecule has 1 N–H and O–H groups in total. The number of ether oxygens (including phenoxy) is 1. The van der Waals surface area contributed by atoms with Crippen molar-refractivity contribution in [3.05, 3.63) is 29.3 Å². The van der Waals surface area contributed by atoms with Crippen molar-refractivity contribution < 1.29 is 22.7 Å². The highest BCUT2D eigenvalue weighted by molar-refractivity contribution is 7.89. The van der Waals surface area contributed by atoms with E-state index >= 15 is 0 Å². The molecule has 8 heteroatoms. The highest BCUT2D eigenvalue weighted by Crippen LogP contribution is 2.24. The first kappa shape index (κ1) is 21.4. The molecule has 7 nitrogen and oxygen atoms in total. The fraction of sp³-hybridized carbons (Fsp3) is 0.579. The molecular formula is C19H28N2O5S. The molecule has 0 bridgehead atoms. The number of carbonyl (C=O) groups excluding carboxylic acids is 2. The second-order valence-corrected chi connectivity index (χ2v) is 8.69. The number of nitrogens with one attached hydrogen (secondary N) is 1. The summed E-state index contributed by atoms with van der Waals surface area (Å²) in [6, 6.07) is 4.46. The van der Waals surface area contributed by atoms with Gasteiger partial charge < -0.3 is 10.1 Å². The van der Waals surface area contributed by atoms with E-state index in [0.29, 0.717) is 25.2 Å². The van der Waals surface area contributed by atoms with Crippen molar-refractivity contribution in [2.24, 2.45) is 0 Å². The van der Waals surface area contributed by atoms with Crippen LogP contribution < -0.4 is 5.32 Å². The van der Waals surface area contributed by atoms with Crippen molar-refractivity contribution in [2.75, 3.05) is 19.6 Å². The van der Waals surface area contributed by atoms with Crippen LogP contribution in [0.4, 0.5) is 0 Å². The fourth-order valence-electron chi connectivity index (χ4n) is 2.92. The number of sulfonamides is 1. The van der Waals surface area contributed by atoms with Crippen LogP contribution in [0, 0.1) is 6.92 Å². The summed E-state index contributed by atoms with van der Waals surface area (Å²) in [5.41, 5.74) is 0.692. The molecule has 0 aliphatic carbocycles. The third-order valence-electron chi connectivity index (χ3n) is 4.56. The SMILES string of the molecule is CCCNC(=O)C(C)OC(=O)c1ccc(C)c(S(=O)(=O)N2CCCCC2)c1. The van der Waals surface area contributed by atoms with Gasteiger partial charge in [-0.25, -0.2) is 13.2 Å². The third-order valence-corrected chi connectivity index (χ3v) is 6.60. The molecule has 2 rings (SSSR count). The summed E-state index contributed by atoms with van der Waals surface area (Å²) < 4.78 is 32.5. The Kier molecular flexibility index (Phi) is 7.38. The van der Waals surface area contributed by atoms with Gasteiger partial charge in [-0.3, -0.25) is 4.79 Å². The summed E-state index contributed by atoms with van der Waals surface area (Å²) in [5.74, 6) is -1.09. The van der Waals surface area contributed by atoms with Gasteiger partial charge in [0.1, 0.15) is 0 Å². The average molecular weight is 397 g/mol. The number of nitrogens with zero attached hydrogens (tertiary/aromatic N) is 1. The summed E-state index contributed by atoms with van der Waals surface area (Å²) in [6.45, 7) is 6.60. The maximum atomic E-state index is 12.9. The molecule has 150 valence electrons. The minimum absolute atomic E-state index is 0.113. The average Bonchev–Trinajstić information content (AvgIpc) is 2.66. The summed E-state index contributed by atoms with van der Waals surface area (Å²) in [4.78, 5) is 24.4. The van der Waals surface area contributed by atoms with Crippen molar-refractivity contribution in [3.63, 3.8) is 0 Å². The Balaban J connectivity index is 2.18. The van der Waals surface area contributed by atoms with Gasteiger partial charge >= 0.3 is 5.97 Å². The van der Waals surface area contributed by atoms with Crippen LogP contribution in [0.25, 0.3) is 0 Å². The van der Waals surface area contributed by atoms with E-state index in [1.165, 1.54) is 23.4 Å². The van der Waals surface area contributed by atoms with Gasteiger partial charge in [0.05, 0.1) is 10.5 Å². The number of benzene rings is 1. The van der Waals surface area contributed by atoms with Crippen LogP contribution in [0.5, 0.6) is 0 Å². The van der Waals surface area contributed by atoms with E-state index < -0.39 is 22.1 Å². The lowest BCUT2D eigenvalue weighted by atomic mass is 10.1. The summed E-state index contributed by atoms with van der Waals surface area (Å²) in [7, 11) is -3.66. The predicted molar refractivity (Wildman–Crippen MR) is 102 cm³/mol. The van der Waals surface area contributed by atoms with Crippen LogP contribution >= 0.6 is 0 Å². The molecule has 1 atom stereocenters. The Labute approximate surface area is 161 Å². The molecule has 1 aliphatic heterocycles. The van der Waals surface area contributed by atoms with E-state index in [-0.39, 0.29) is 16.4 Å². The Hall–Kier alpha value is -1.93. The number of piperidine rings is 1. The van der Waals surface area contributed by atoms with Gasteiger partial charge in [-0.1, -0.05) is 19.4 Å². The smallest absolute Gasteiger partial charge is 0.338 e. The number of esters is 1. The quantitative estimate of drug-likeness (QED) is 0.714. The number of amides is 1. The van der Waals surface area contributed by atoms with Gasteiger partial charge in [0.15, 0.2) is 6.10 Å². The molecule has 1 amide bonds. The van der Waals surface area contributed by atoms with Crippen molar-refractivity contribution in [1.29, 1.82) is 0 Å². The number of carbonyl (C=O) groups is 2. The van der Waals surface area contributed by atoms with Crippen molar-refractivity contribution in [1.82, 2.24) is 9.62 Å². The summed E-state index contributed by atoms with van der Waals surface area (Å²) in [6.07, 6.45) is 2.53. The number of hydrogen-bond donors (Lipinski definition) is 1. The Bertz CT molecular complexity index is 785. The first-order valence-corrected chi connectivity index (χ1v) is 10.8. The van der Waals surface area contributed by atoms with E-state index in [0.717, 1.165) is 25.7 Å². The van der Waals surface area contributed by atoms with Crippen molar-refractivity contribution >= 4 is 21.9 Å². The first-order valence-electron chi connectivity index (χ1n) is 9.37. The topological polar surface area (TPSA) is 92.8 Å². The zero-order valence-corrected chi connectivity index (χ0v) is 17.0. The van der Waals surface area contributed by atoms with Crippen LogP contribution in [0.15, 0.2) is 23.1 Å². The number of aryl methyl sites for hydroxylation is 1. The maximum absolute atomic E-state index is 12.9. The molecule has 0 radical (unpaired) electrons. The van der Waals surface area contributed by atoms with E-state index in [4.69, 9.17) is 4.74 Å². The molecule has 0 saturated carbocycles. The van der Waals surface area contributed by atoms with Gasteiger partial charge in [0, 0.05) is 19.6 Å². The molecule has 1 aliphatic rings. The molecule has 1 heterocycles. The molecule has 27 heavy (non-hydrogen) atoms. The van der Waals surface area contributed by atoms with Gasteiger partial charge in [0.25, 0.3) is 5.91 Å². The fourth-order valence-corrected chi connectivity index (χ4v) is 4.69. The van der Waals surface area contributed by atoms with Crippen molar-refractivity contribution in [2.45, 2.75) is 57.5 Å². The summed E-state index contributed by atoms with van der Waals surface area (Å²) in [5, 5.41) is 2.66. The minimum atomic E-state index is -3.66. The largest absolute Gasteiger partial charge is 0.449 e. The zero-order valence-electron chi connectivity index (χ0n) is 16.2. The molecule has 1 saturated heterocycles. The van der Waals surface area contributed by atoms with Gasteiger partial charge in [-0.15, -0.1) is 0 Å². The predicted octanol–water partition coefficient (Wildman–Crippen LogP) is 2.24. The van der Waals surface area contributed by atoms with E-state index in [1.807, 2.05) is 6.92 Å². The van der Waals surface area contributed by atoms with Crippen LogP contribution in [0.3, 0.4) is 0 Å². The summed E-state index contributed by atoms with van der Waals surface area (Å²) >= 11 is 0. The molecule has 0 spiro atoms. The molecule has 1 aromatic carbocycles. The second-order valence-electron chi connectivity index (χ2n) is 6.78. The highest BCUT2D eigenvalue weighted by Gasteiger charge is 2.28. The van der Waals surface area contributed by atoms with Crippen molar-refractivity contribution in [3.8, 4) is 0 Å². The van der Waals surface area contributed by atoms with Gasteiger partial charge in [-0.05, 0) is 50.8 Å². The first-order chi connectivity index (χ1) is 12.8. The second kappa shape index (κ2) is 9.32. The van der Waals surface area contributed by atoms with Crippen LogP contribution in [0.2, 0.25) is 0 Å². The Morgan fingerprint density at radius 1 is 1.22 bits per heavy atom. The van der Waals surface area contributed by atoms with Crippen LogP contribution in [0.1, 0.15) is 55.5 Å². The molecule has 0 aromatic heterocycles.